The number of rotatable bonds is 0. The Kier molecular flexibility index (Phi) is 1.81. The molecule has 2 heteroatoms. The second kappa shape index (κ2) is 3.16. The first kappa shape index (κ1) is 8.60. The van der Waals surface area contributed by atoms with Gasteiger partial charge in [0.25, 0.3) is 0 Å². The zero-order valence-corrected chi connectivity index (χ0v) is 8.71. The number of aryl methyl sites for hydroxylation is 1. The monoisotopic (exact) mass is 199 g/mol. The zero-order valence-electron chi connectivity index (χ0n) is 8.71. The van der Waals surface area contributed by atoms with Gasteiger partial charge in [0.1, 0.15) is 5.76 Å². The average molecular weight is 199 g/mol. The summed E-state index contributed by atoms with van der Waals surface area (Å²) in [6.07, 6.45) is 2.91. The van der Waals surface area contributed by atoms with Crippen molar-refractivity contribution in [2.75, 3.05) is 11.9 Å². The lowest BCUT2D eigenvalue weighted by Crippen LogP contribution is -2.01. The summed E-state index contributed by atoms with van der Waals surface area (Å²) in [6, 6.07) is 8.40. The lowest BCUT2D eigenvalue weighted by atomic mass is 10.0. The molecule has 1 aromatic heterocycles. The van der Waals surface area contributed by atoms with Crippen molar-refractivity contribution in [2.24, 2.45) is 0 Å². The molecule has 0 saturated heterocycles. The van der Waals surface area contributed by atoms with Crippen molar-refractivity contribution in [2.45, 2.75) is 13.3 Å². The molecule has 1 aliphatic rings. The Morgan fingerprint density at radius 3 is 3.07 bits per heavy atom. The lowest BCUT2D eigenvalue weighted by Gasteiger charge is -2.07. The lowest BCUT2D eigenvalue weighted by molar-refractivity contribution is 0.532. The molecule has 3 rings (SSSR count). The van der Waals surface area contributed by atoms with Crippen molar-refractivity contribution in [1.82, 2.24) is 0 Å². The van der Waals surface area contributed by atoms with Crippen LogP contribution < -0.4 is 5.32 Å². The number of benzene rings is 1. The van der Waals surface area contributed by atoms with Crippen LogP contribution in [0.3, 0.4) is 0 Å². The Hall–Kier alpha value is -1.70. The highest BCUT2D eigenvalue weighted by Crippen LogP contribution is 2.36. The summed E-state index contributed by atoms with van der Waals surface area (Å²) < 4.78 is 5.50. The molecule has 2 heterocycles. The Labute approximate surface area is 88.9 Å². The minimum Gasteiger partial charge on any atom is -0.469 e. The van der Waals surface area contributed by atoms with E-state index in [4.69, 9.17) is 4.42 Å². The molecule has 1 aliphatic heterocycles. The molecule has 76 valence electrons. The number of hydrogen-bond acceptors (Lipinski definition) is 2. The SMILES string of the molecule is Cc1occ2c1-c1ccccc1NCC2. The quantitative estimate of drug-likeness (QED) is 0.704. The Morgan fingerprint density at radius 2 is 2.13 bits per heavy atom. The standard InChI is InChI=1S/C13H13NO/c1-9-13-10(8-15-9)6-7-14-12-5-3-2-4-11(12)13/h2-5,8,14H,6-7H2,1H3. The van der Waals surface area contributed by atoms with Crippen molar-refractivity contribution < 1.29 is 4.42 Å². The predicted molar refractivity (Wildman–Crippen MR) is 61.1 cm³/mol. The number of anilines is 1. The van der Waals surface area contributed by atoms with E-state index in [0.29, 0.717) is 0 Å². The first-order chi connectivity index (χ1) is 7.36. The van der Waals surface area contributed by atoms with E-state index in [1.54, 1.807) is 0 Å². The second-order valence-corrected chi connectivity index (χ2v) is 3.91. The number of para-hydroxylation sites is 1. The molecule has 0 unspecified atom stereocenters. The van der Waals surface area contributed by atoms with Crippen LogP contribution in [-0.4, -0.2) is 6.54 Å². The summed E-state index contributed by atoms with van der Waals surface area (Å²) in [4.78, 5) is 0. The molecular formula is C13H13NO. The fraction of sp³-hybridized carbons (Fsp3) is 0.231. The van der Waals surface area contributed by atoms with E-state index in [1.165, 1.54) is 22.4 Å². The molecule has 2 nitrogen and oxygen atoms in total. The molecule has 15 heavy (non-hydrogen) atoms. The summed E-state index contributed by atoms with van der Waals surface area (Å²) in [5, 5.41) is 3.44. The van der Waals surface area contributed by atoms with Gasteiger partial charge in [-0.2, -0.15) is 0 Å². The maximum atomic E-state index is 5.50. The van der Waals surface area contributed by atoms with Crippen LogP contribution in [0.15, 0.2) is 34.9 Å². The summed E-state index contributed by atoms with van der Waals surface area (Å²) in [7, 11) is 0. The van der Waals surface area contributed by atoms with E-state index in [1.807, 2.05) is 13.2 Å². The largest absolute Gasteiger partial charge is 0.469 e. The van der Waals surface area contributed by atoms with Crippen molar-refractivity contribution in [3.05, 3.63) is 41.9 Å². The molecule has 0 radical (unpaired) electrons. The van der Waals surface area contributed by atoms with Crippen LogP contribution in [0.5, 0.6) is 0 Å². The van der Waals surface area contributed by atoms with Crippen LogP contribution in [0.4, 0.5) is 5.69 Å². The van der Waals surface area contributed by atoms with E-state index in [9.17, 15) is 0 Å². The van der Waals surface area contributed by atoms with Crippen LogP contribution in [-0.2, 0) is 6.42 Å². The van der Waals surface area contributed by atoms with Crippen molar-refractivity contribution in [3.63, 3.8) is 0 Å². The fourth-order valence-electron chi connectivity index (χ4n) is 2.24. The van der Waals surface area contributed by atoms with Gasteiger partial charge in [-0.25, -0.2) is 0 Å². The van der Waals surface area contributed by atoms with Crippen molar-refractivity contribution in [3.8, 4) is 11.1 Å². The van der Waals surface area contributed by atoms with Crippen LogP contribution in [0, 0.1) is 6.92 Å². The minimum absolute atomic E-state index is 0.975. The maximum Gasteiger partial charge on any atom is 0.108 e. The van der Waals surface area contributed by atoms with Gasteiger partial charge >= 0.3 is 0 Å². The maximum absolute atomic E-state index is 5.50. The first-order valence-electron chi connectivity index (χ1n) is 5.26. The van der Waals surface area contributed by atoms with Crippen LogP contribution in [0.1, 0.15) is 11.3 Å². The van der Waals surface area contributed by atoms with Gasteiger partial charge in [0.2, 0.25) is 0 Å². The summed E-state index contributed by atoms with van der Waals surface area (Å²) >= 11 is 0. The molecule has 2 aromatic rings. The molecule has 0 saturated carbocycles. The normalized spacial score (nSPS) is 13.7. The van der Waals surface area contributed by atoms with Gasteiger partial charge in [0, 0.05) is 28.9 Å². The third kappa shape index (κ3) is 1.25. The topological polar surface area (TPSA) is 25.2 Å². The molecule has 0 fully saturated rings. The van der Waals surface area contributed by atoms with E-state index < -0.39 is 0 Å². The molecule has 1 N–H and O–H groups in total. The molecule has 0 bridgehead atoms. The highest BCUT2D eigenvalue weighted by molar-refractivity contribution is 5.82. The molecule has 0 amide bonds. The van der Waals surface area contributed by atoms with E-state index in [2.05, 4.69) is 29.6 Å². The van der Waals surface area contributed by atoms with Gasteiger partial charge in [-0.1, -0.05) is 18.2 Å². The Morgan fingerprint density at radius 1 is 1.27 bits per heavy atom. The van der Waals surface area contributed by atoms with Gasteiger partial charge in [-0.15, -0.1) is 0 Å². The van der Waals surface area contributed by atoms with Gasteiger partial charge in [-0.05, 0) is 19.4 Å². The summed E-state index contributed by atoms with van der Waals surface area (Å²) in [5.74, 6) is 1.01. The first-order valence-corrected chi connectivity index (χ1v) is 5.26. The number of nitrogens with one attached hydrogen (secondary N) is 1. The van der Waals surface area contributed by atoms with E-state index >= 15 is 0 Å². The number of hydrogen-bond donors (Lipinski definition) is 1. The molecule has 1 aromatic carbocycles. The van der Waals surface area contributed by atoms with Crippen molar-refractivity contribution >= 4 is 5.69 Å². The molecule has 0 spiro atoms. The zero-order chi connectivity index (χ0) is 10.3. The van der Waals surface area contributed by atoms with Crippen LogP contribution in [0.25, 0.3) is 11.1 Å². The number of fused-ring (bicyclic) bond motifs is 3. The second-order valence-electron chi connectivity index (χ2n) is 3.91. The summed E-state index contributed by atoms with van der Waals surface area (Å²) in [5.41, 5.74) is 5.05. The van der Waals surface area contributed by atoms with E-state index in [0.717, 1.165) is 18.7 Å². The fourth-order valence-corrected chi connectivity index (χ4v) is 2.24. The summed E-state index contributed by atoms with van der Waals surface area (Å²) in [6.45, 7) is 3.00. The third-order valence-corrected chi connectivity index (χ3v) is 2.96. The van der Waals surface area contributed by atoms with Crippen LogP contribution >= 0.6 is 0 Å². The van der Waals surface area contributed by atoms with Crippen LogP contribution in [0.2, 0.25) is 0 Å². The molecule has 0 atom stereocenters. The van der Waals surface area contributed by atoms with Gasteiger partial charge < -0.3 is 9.73 Å². The molecule has 0 aliphatic carbocycles. The Bertz CT molecular complexity index is 499. The van der Waals surface area contributed by atoms with Crippen molar-refractivity contribution in [1.29, 1.82) is 0 Å². The number of furan rings is 1. The van der Waals surface area contributed by atoms with E-state index in [-0.39, 0.29) is 0 Å². The van der Waals surface area contributed by atoms with Gasteiger partial charge in [0.05, 0.1) is 6.26 Å². The van der Waals surface area contributed by atoms with Gasteiger partial charge in [0.15, 0.2) is 0 Å². The average Bonchev–Trinajstić information content (AvgIpc) is 2.52. The third-order valence-electron chi connectivity index (χ3n) is 2.96. The Balaban J connectivity index is 2.30. The highest BCUT2D eigenvalue weighted by Gasteiger charge is 2.17. The highest BCUT2D eigenvalue weighted by atomic mass is 16.3. The smallest absolute Gasteiger partial charge is 0.108 e. The molecular weight excluding hydrogens is 186 g/mol. The van der Waals surface area contributed by atoms with Gasteiger partial charge in [-0.3, -0.25) is 0 Å². The minimum atomic E-state index is 0.975. The predicted octanol–water partition coefficient (Wildman–Crippen LogP) is 3.22.